The van der Waals surface area contributed by atoms with E-state index in [-0.39, 0.29) is 11.9 Å². The lowest BCUT2D eigenvalue weighted by Crippen LogP contribution is -2.42. The van der Waals surface area contributed by atoms with Gasteiger partial charge in [0.05, 0.1) is 24.5 Å². The first-order valence-corrected chi connectivity index (χ1v) is 9.91. The van der Waals surface area contributed by atoms with E-state index in [0.29, 0.717) is 13.1 Å². The Kier molecular flexibility index (Phi) is 7.19. The Morgan fingerprint density at radius 2 is 1.80 bits per heavy atom. The van der Waals surface area contributed by atoms with Gasteiger partial charge in [0.25, 0.3) is 0 Å². The fraction of sp³-hybridized carbons (Fsp3) is 0.304. The van der Waals surface area contributed by atoms with E-state index >= 15 is 0 Å². The van der Waals surface area contributed by atoms with Gasteiger partial charge in [0.1, 0.15) is 11.6 Å². The minimum absolute atomic E-state index is 0.0871. The number of nitrogens with zero attached hydrogens (tertiary/aromatic N) is 4. The third-order valence-electron chi connectivity index (χ3n) is 5.01. The molecule has 1 unspecified atom stereocenters. The van der Waals surface area contributed by atoms with E-state index in [1.165, 1.54) is 12.1 Å². The molecule has 0 aliphatic heterocycles. The zero-order chi connectivity index (χ0) is 21.5. The largest absolute Gasteiger partial charge is 0.354 e. The predicted molar refractivity (Wildman–Crippen MR) is 120 cm³/mol. The molecule has 7 heteroatoms. The number of imidazole rings is 1. The number of halogens is 1. The Morgan fingerprint density at radius 3 is 2.43 bits per heavy atom. The second kappa shape index (κ2) is 10.0. The Morgan fingerprint density at radius 1 is 1.10 bits per heavy atom. The van der Waals surface area contributed by atoms with Crippen molar-refractivity contribution in [2.75, 3.05) is 34.7 Å². The van der Waals surface area contributed by atoms with Crippen molar-refractivity contribution in [1.82, 2.24) is 25.1 Å². The number of likely N-dealkylation sites (N-methyl/N-ethyl adjacent to an activating group) is 1. The Balaban J connectivity index is 1.62. The van der Waals surface area contributed by atoms with Gasteiger partial charge in [-0.1, -0.05) is 42.5 Å². The number of H-pyrrole nitrogens is 1. The topological polar surface area (TPSA) is 59.6 Å². The molecule has 0 amide bonds. The summed E-state index contributed by atoms with van der Waals surface area (Å²) in [6, 6.07) is 16.8. The normalized spacial score (nSPS) is 12.8. The van der Waals surface area contributed by atoms with Crippen molar-refractivity contribution in [3.05, 3.63) is 78.0 Å². The van der Waals surface area contributed by atoms with Gasteiger partial charge in [-0.05, 0) is 37.4 Å². The molecule has 2 N–H and O–H groups in total. The molecular formula is C23H29FN6. The number of benzene rings is 2. The highest BCUT2D eigenvalue weighted by molar-refractivity contribution is 5.79. The van der Waals surface area contributed by atoms with Gasteiger partial charge in [-0.25, -0.2) is 9.37 Å². The van der Waals surface area contributed by atoms with E-state index in [2.05, 4.69) is 37.3 Å². The Hall–Kier alpha value is -3.19. The minimum atomic E-state index is -0.229. The first-order chi connectivity index (χ1) is 14.5. The van der Waals surface area contributed by atoms with Crippen LogP contribution in [0, 0.1) is 5.82 Å². The Labute approximate surface area is 177 Å². The second-order valence-corrected chi connectivity index (χ2v) is 7.42. The third kappa shape index (κ3) is 5.45. The van der Waals surface area contributed by atoms with Crippen molar-refractivity contribution in [2.24, 2.45) is 4.99 Å². The van der Waals surface area contributed by atoms with Crippen molar-refractivity contribution in [1.29, 1.82) is 0 Å². The highest BCUT2D eigenvalue weighted by atomic mass is 19.1. The lowest BCUT2D eigenvalue weighted by atomic mass is 10.1. The number of guanidine groups is 1. The van der Waals surface area contributed by atoms with E-state index in [1.807, 2.05) is 62.6 Å². The molecule has 0 fully saturated rings. The number of hydrogen-bond acceptors (Lipinski definition) is 3. The number of aromatic amines is 1. The van der Waals surface area contributed by atoms with Crippen LogP contribution in [0.1, 0.15) is 17.4 Å². The van der Waals surface area contributed by atoms with E-state index in [9.17, 15) is 4.39 Å². The SMILES string of the molecule is CN=C(NCC(c1ccc(F)cc1)N(C)C)N(C)Cc1ncc(-c2ccccc2)[nH]1. The minimum Gasteiger partial charge on any atom is -0.354 e. The number of aliphatic imine (C=N–C) groups is 1. The maximum atomic E-state index is 13.3. The molecule has 1 aromatic heterocycles. The molecule has 0 aliphatic rings. The van der Waals surface area contributed by atoms with Crippen LogP contribution in [0.5, 0.6) is 0 Å². The number of rotatable bonds is 7. The average Bonchev–Trinajstić information content (AvgIpc) is 3.21. The summed E-state index contributed by atoms with van der Waals surface area (Å²) in [7, 11) is 7.76. The van der Waals surface area contributed by atoms with Crippen molar-refractivity contribution in [3.63, 3.8) is 0 Å². The molecule has 0 radical (unpaired) electrons. The van der Waals surface area contributed by atoms with E-state index < -0.39 is 0 Å². The summed E-state index contributed by atoms with van der Waals surface area (Å²) >= 11 is 0. The van der Waals surface area contributed by atoms with Gasteiger partial charge in [0.2, 0.25) is 0 Å². The van der Waals surface area contributed by atoms with Gasteiger partial charge in [-0.2, -0.15) is 0 Å². The molecule has 3 aromatic rings. The van der Waals surface area contributed by atoms with Crippen LogP contribution in [-0.2, 0) is 6.54 Å². The molecule has 158 valence electrons. The number of aromatic nitrogens is 2. The smallest absolute Gasteiger partial charge is 0.193 e. The van der Waals surface area contributed by atoms with Gasteiger partial charge in [0, 0.05) is 20.6 Å². The first-order valence-electron chi connectivity index (χ1n) is 9.91. The highest BCUT2D eigenvalue weighted by Gasteiger charge is 2.16. The third-order valence-corrected chi connectivity index (χ3v) is 5.01. The summed E-state index contributed by atoms with van der Waals surface area (Å²) in [5, 5.41) is 3.42. The van der Waals surface area contributed by atoms with Crippen LogP contribution < -0.4 is 5.32 Å². The molecule has 0 saturated heterocycles. The van der Waals surface area contributed by atoms with Gasteiger partial charge < -0.3 is 20.1 Å². The van der Waals surface area contributed by atoms with Crippen LogP contribution in [-0.4, -0.2) is 60.5 Å². The zero-order valence-corrected chi connectivity index (χ0v) is 17.9. The zero-order valence-electron chi connectivity index (χ0n) is 17.9. The van der Waals surface area contributed by atoms with Crippen LogP contribution in [0.4, 0.5) is 4.39 Å². The summed E-state index contributed by atoms with van der Waals surface area (Å²) in [6.07, 6.45) is 1.85. The van der Waals surface area contributed by atoms with Crippen LogP contribution in [0.3, 0.4) is 0 Å². The van der Waals surface area contributed by atoms with Gasteiger partial charge >= 0.3 is 0 Å². The van der Waals surface area contributed by atoms with Crippen LogP contribution >= 0.6 is 0 Å². The van der Waals surface area contributed by atoms with Crippen molar-refractivity contribution in [3.8, 4) is 11.3 Å². The summed E-state index contributed by atoms with van der Waals surface area (Å²) in [6.45, 7) is 1.23. The van der Waals surface area contributed by atoms with Gasteiger partial charge in [0.15, 0.2) is 5.96 Å². The van der Waals surface area contributed by atoms with E-state index in [0.717, 1.165) is 28.6 Å². The molecule has 0 spiro atoms. The van der Waals surface area contributed by atoms with Crippen LogP contribution in [0.15, 0.2) is 65.8 Å². The van der Waals surface area contributed by atoms with Gasteiger partial charge in [-0.3, -0.25) is 4.99 Å². The first kappa shape index (κ1) is 21.5. The fourth-order valence-corrected chi connectivity index (χ4v) is 3.36. The van der Waals surface area contributed by atoms with Crippen LogP contribution in [0.25, 0.3) is 11.3 Å². The molecule has 1 atom stereocenters. The number of nitrogens with one attached hydrogen (secondary N) is 2. The second-order valence-electron chi connectivity index (χ2n) is 7.42. The lowest BCUT2D eigenvalue weighted by Gasteiger charge is -2.28. The van der Waals surface area contributed by atoms with E-state index in [1.54, 1.807) is 7.05 Å². The predicted octanol–water partition coefficient (Wildman–Crippen LogP) is 3.53. The maximum absolute atomic E-state index is 13.3. The molecule has 6 nitrogen and oxygen atoms in total. The molecule has 1 heterocycles. The van der Waals surface area contributed by atoms with E-state index in [4.69, 9.17) is 0 Å². The molecule has 30 heavy (non-hydrogen) atoms. The number of hydrogen-bond donors (Lipinski definition) is 2. The average molecular weight is 409 g/mol. The van der Waals surface area contributed by atoms with Crippen molar-refractivity contribution >= 4 is 5.96 Å². The molecule has 0 bridgehead atoms. The Bertz CT molecular complexity index is 949. The lowest BCUT2D eigenvalue weighted by molar-refractivity contribution is 0.295. The summed E-state index contributed by atoms with van der Waals surface area (Å²) in [5.74, 6) is 1.40. The summed E-state index contributed by atoms with van der Waals surface area (Å²) in [5.41, 5.74) is 3.14. The molecule has 0 aliphatic carbocycles. The van der Waals surface area contributed by atoms with Crippen LogP contribution in [0.2, 0.25) is 0 Å². The summed E-state index contributed by atoms with van der Waals surface area (Å²) in [4.78, 5) is 16.4. The molecule has 2 aromatic carbocycles. The van der Waals surface area contributed by atoms with Crippen molar-refractivity contribution < 1.29 is 4.39 Å². The quantitative estimate of drug-likeness (QED) is 0.464. The molecule has 3 rings (SSSR count). The fourth-order valence-electron chi connectivity index (χ4n) is 3.36. The summed E-state index contributed by atoms with van der Waals surface area (Å²) < 4.78 is 13.3. The monoisotopic (exact) mass is 408 g/mol. The molecule has 0 saturated carbocycles. The van der Waals surface area contributed by atoms with Crippen molar-refractivity contribution in [2.45, 2.75) is 12.6 Å². The maximum Gasteiger partial charge on any atom is 0.193 e. The standard InChI is InChI=1S/C23H29FN6/c1-25-23(27-15-21(29(2)3)18-10-12-19(24)13-11-18)30(4)16-22-26-14-20(28-22)17-8-6-5-7-9-17/h5-14,21H,15-16H2,1-4H3,(H,25,27)(H,26,28). The highest BCUT2D eigenvalue weighted by Crippen LogP contribution is 2.18. The van der Waals surface area contributed by atoms with Gasteiger partial charge in [-0.15, -0.1) is 0 Å². The molecular weight excluding hydrogens is 379 g/mol.